The van der Waals surface area contributed by atoms with Crippen molar-refractivity contribution in [3.05, 3.63) is 52.3 Å². The van der Waals surface area contributed by atoms with Gasteiger partial charge >= 0.3 is 5.97 Å². The third-order valence-corrected chi connectivity index (χ3v) is 4.91. The summed E-state index contributed by atoms with van der Waals surface area (Å²) < 4.78 is 7.71. The van der Waals surface area contributed by atoms with E-state index in [4.69, 9.17) is 4.74 Å². The number of aryl methyl sites for hydroxylation is 2. The fraction of sp³-hybridized carbons (Fsp3) is 0.278. The SMILES string of the molecule is CCOC(=O)Cn1c(=NC(=O)c2cnccn2)sc2cc(C)c(C)cc21. The van der Waals surface area contributed by atoms with Crippen molar-refractivity contribution in [2.24, 2.45) is 4.99 Å². The Labute approximate surface area is 154 Å². The fourth-order valence-electron chi connectivity index (χ4n) is 2.45. The van der Waals surface area contributed by atoms with Crippen molar-refractivity contribution in [1.29, 1.82) is 0 Å². The molecule has 0 aliphatic heterocycles. The molecular weight excluding hydrogens is 352 g/mol. The smallest absolute Gasteiger partial charge is 0.326 e. The molecule has 3 aromatic rings. The molecular formula is C18H18N4O3S. The Morgan fingerprint density at radius 1 is 1.23 bits per heavy atom. The number of benzene rings is 1. The highest BCUT2D eigenvalue weighted by molar-refractivity contribution is 7.16. The zero-order valence-electron chi connectivity index (χ0n) is 14.7. The average Bonchev–Trinajstić information content (AvgIpc) is 2.93. The van der Waals surface area contributed by atoms with Crippen LogP contribution in [0.15, 0.2) is 35.7 Å². The third-order valence-electron chi connectivity index (χ3n) is 3.87. The Bertz CT molecular complexity index is 1040. The molecule has 2 heterocycles. The molecule has 8 heteroatoms. The van der Waals surface area contributed by atoms with Crippen LogP contribution in [0, 0.1) is 13.8 Å². The molecule has 0 aliphatic rings. The molecule has 26 heavy (non-hydrogen) atoms. The van der Waals surface area contributed by atoms with E-state index in [-0.39, 0.29) is 18.2 Å². The molecule has 3 rings (SSSR count). The highest BCUT2D eigenvalue weighted by Gasteiger charge is 2.14. The summed E-state index contributed by atoms with van der Waals surface area (Å²) in [5.41, 5.74) is 3.23. The van der Waals surface area contributed by atoms with Gasteiger partial charge in [0.15, 0.2) is 4.80 Å². The quantitative estimate of drug-likeness (QED) is 0.658. The van der Waals surface area contributed by atoms with Crippen LogP contribution in [0.5, 0.6) is 0 Å². The zero-order valence-corrected chi connectivity index (χ0v) is 15.5. The summed E-state index contributed by atoms with van der Waals surface area (Å²) in [6.07, 6.45) is 4.29. The lowest BCUT2D eigenvalue weighted by molar-refractivity contribution is -0.143. The maximum absolute atomic E-state index is 12.4. The van der Waals surface area contributed by atoms with E-state index in [2.05, 4.69) is 15.0 Å². The van der Waals surface area contributed by atoms with E-state index in [1.165, 1.54) is 29.9 Å². The lowest BCUT2D eigenvalue weighted by Gasteiger charge is -2.06. The molecule has 0 radical (unpaired) electrons. The van der Waals surface area contributed by atoms with E-state index in [0.29, 0.717) is 11.4 Å². The summed E-state index contributed by atoms with van der Waals surface area (Å²) in [4.78, 5) is 36.9. The zero-order chi connectivity index (χ0) is 18.7. The molecule has 0 saturated carbocycles. The molecule has 0 unspecified atom stereocenters. The van der Waals surface area contributed by atoms with Crippen LogP contribution in [0.25, 0.3) is 10.2 Å². The number of hydrogen-bond donors (Lipinski definition) is 0. The Morgan fingerprint density at radius 2 is 2.00 bits per heavy atom. The summed E-state index contributed by atoms with van der Waals surface area (Å²) in [5.74, 6) is -0.880. The van der Waals surface area contributed by atoms with Crippen molar-refractivity contribution < 1.29 is 14.3 Å². The molecule has 0 saturated heterocycles. The standard InChI is InChI=1S/C18H18N4O3S/c1-4-25-16(23)10-22-14-7-11(2)12(3)8-15(14)26-18(22)21-17(24)13-9-19-5-6-20-13/h5-9H,4,10H2,1-3H3. The number of carbonyl (C=O) groups excluding carboxylic acids is 2. The average molecular weight is 370 g/mol. The van der Waals surface area contributed by atoms with Gasteiger partial charge in [-0.1, -0.05) is 11.3 Å². The minimum absolute atomic E-state index is 0.0110. The van der Waals surface area contributed by atoms with Gasteiger partial charge in [0.1, 0.15) is 12.2 Å². The van der Waals surface area contributed by atoms with Crippen molar-refractivity contribution in [1.82, 2.24) is 14.5 Å². The van der Waals surface area contributed by atoms with Crippen molar-refractivity contribution in [3.63, 3.8) is 0 Å². The number of nitrogens with zero attached hydrogens (tertiary/aromatic N) is 4. The number of thiazole rings is 1. The van der Waals surface area contributed by atoms with Gasteiger partial charge in [-0.05, 0) is 44.0 Å². The molecule has 134 valence electrons. The van der Waals surface area contributed by atoms with Gasteiger partial charge in [0.25, 0.3) is 5.91 Å². The number of amides is 1. The van der Waals surface area contributed by atoms with Crippen LogP contribution in [0.1, 0.15) is 28.5 Å². The predicted octanol–water partition coefficient (Wildman–Crippen LogP) is 2.41. The molecule has 0 fully saturated rings. The molecule has 0 bridgehead atoms. The van der Waals surface area contributed by atoms with Crippen LogP contribution in [-0.4, -0.2) is 33.0 Å². The predicted molar refractivity (Wildman–Crippen MR) is 97.8 cm³/mol. The van der Waals surface area contributed by atoms with Crippen LogP contribution >= 0.6 is 11.3 Å². The highest BCUT2D eigenvalue weighted by Crippen LogP contribution is 2.22. The number of esters is 1. The van der Waals surface area contributed by atoms with Crippen LogP contribution in [-0.2, 0) is 16.1 Å². The Hall–Kier alpha value is -2.87. The van der Waals surface area contributed by atoms with E-state index >= 15 is 0 Å². The number of carbonyl (C=O) groups is 2. The topological polar surface area (TPSA) is 86.4 Å². The van der Waals surface area contributed by atoms with Crippen LogP contribution < -0.4 is 4.80 Å². The molecule has 0 atom stereocenters. The van der Waals surface area contributed by atoms with Crippen LogP contribution in [0.4, 0.5) is 0 Å². The first-order chi connectivity index (χ1) is 12.5. The first-order valence-electron chi connectivity index (χ1n) is 8.11. The van der Waals surface area contributed by atoms with Gasteiger partial charge in [-0.15, -0.1) is 0 Å². The van der Waals surface area contributed by atoms with Crippen LogP contribution in [0.3, 0.4) is 0 Å². The largest absolute Gasteiger partial charge is 0.465 e. The number of ether oxygens (including phenoxy) is 1. The molecule has 0 N–H and O–H groups in total. The Kier molecular flexibility index (Phi) is 5.22. The Morgan fingerprint density at radius 3 is 2.69 bits per heavy atom. The van der Waals surface area contributed by atoms with Crippen molar-refractivity contribution in [2.45, 2.75) is 27.3 Å². The van der Waals surface area contributed by atoms with Gasteiger partial charge in [0.05, 0.1) is 23.0 Å². The molecule has 1 amide bonds. The molecule has 2 aromatic heterocycles. The summed E-state index contributed by atoms with van der Waals surface area (Å²) >= 11 is 1.35. The van der Waals surface area contributed by atoms with Gasteiger partial charge in [0.2, 0.25) is 0 Å². The van der Waals surface area contributed by atoms with E-state index in [1.807, 2.05) is 26.0 Å². The Balaban J connectivity index is 2.15. The summed E-state index contributed by atoms with van der Waals surface area (Å²) in [6, 6.07) is 4.02. The lowest BCUT2D eigenvalue weighted by Crippen LogP contribution is -2.23. The second-order valence-corrected chi connectivity index (χ2v) is 6.70. The molecule has 7 nitrogen and oxygen atoms in total. The van der Waals surface area contributed by atoms with E-state index < -0.39 is 5.91 Å². The lowest BCUT2D eigenvalue weighted by atomic mass is 10.1. The van der Waals surface area contributed by atoms with Crippen molar-refractivity contribution in [2.75, 3.05) is 6.61 Å². The van der Waals surface area contributed by atoms with E-state index in [9.17, 15) is 9.59 Å². The van der Waals surface area contributed by atoms with Gasteiger partial charge in [0, 0.05) is 12.4 Å². The van der Waals surface area contributed by atoms with E-state index in [0.717, 1.165) is 21.3 Å². The minimum atomic E-state index is -0.504. The first-order valence-corrected chi connectivity index (χ1v) is 8.92. The third kappa shape index (κ3) is 3.70. The van der Waals surface area contributed by atoms with Gasteiger partial charge < -0.3 is 9.30 Å². The van der Waals surface area contributed by atoms with E-state index in [1.54, 1.807) is 11.5 Å². The number of rotatable bonds is 4. The second-order valence-electron chi connectivity index (χ2n) is 5.69. The van der Waals surface area contributed by atoms with Crippen molar-refractivity contribution >= 4 is 33.4 Å². The summed E-state index contributed by atoms with van der Waals surface area (Å²) in [6.45, 7) is 6.06. The number of hydrogen-bond acceptors (Lipinski definition) is 6. The minimum Gasteiger partial charge on any atom is -0.465 e. The van der Waals surface area contributed by atoms with Crippen molar-refractivity contribution in [3.8, 4) is 0 Å². The van der Waals surface area contributed by atoms with Gasteiger partial charge in [-0.2, -0.15) is 4.99 Å². The number of aromatic nitrogens is 3. The molecule has 0 aliphatic carbocycles. The monoisotopic (exact) mass is 370 g/mol. The maximum atomic E-state index is 12.4. The molecule has 1 aromatic carbocycles. The number of fused-ring (bicyclic) bond motifs is 1. The second kappa shape index (κ2) is 7.57. The fourth-order valence-corrected chi connectivity index (χ4v) is 3.56. The van der Waals surface area contributed by atoms with Gasteiger partial charge in [-0.3, -0.25) is 14.6 Å². The van der Waals surface area contributed by atoms with Gasteiger partial charge in [-0.25, -0.2) is 4.98 Å². The first kappa shape index (κ1) is 17.9. The molecule has 0 spiro atoms. The normalized spacial score (nSPS) is 11.7. The maximum Gasteiger partial charge on any atom is 0.326 e. The van der Waals surface area contributed by atoms with Crippen LogP contribution in [0.2, 0.25) is 0 Å². The highest BCUT2D eigenvalue weighted by atomic mass is 32.1. The summed E-state index contributed by atoms with van der Waals surface area (Å²) in [5, 5.41) is 0. The summed E-state index contributed by atoms with van der Waals surface area (Å²) in [7, 11) is 0.